The van der Waals surface area contributed by atoms with Crippen molar-refractivity contribution >= 4 is 31.9 Å². The van der Waals surface area contributed by atoms with E-state index in [9.17, 15) is 13.2 Å². The molecule has 0 saturated carbocycles. The van der Waals surface area contributed by atoms with E-state index in [1.54, 1.807) is 19.1 Å². The van der Waals surface area contributed by atoms with Crippen molar-refractivity contribution in [3.63, 3.8) is 0 Å². The molecule has 5 nitrogen and oxygen atoms in total. The maximum Gasteiger partial charge on any atom is 0.240 e. The molecule has 0 aromatic heterocycles. The van der Waals surface area contributed by atoms with Crippen molar-refractivity contribution in [1.82, 2.24) is 10.0 Å². The summed E-state index contributed by atoms with van der Waals surface area (Å²) in [5, 5.41) is 2.87. The Morgan fingerprint density at radius 3 is 2.42 bits per heavy atom. The van der Waals surface area contributed by atoms with Crippen LogP contribution in [0.1, 0.15) is 36.1 Å². The molecule has 1 unspecified atom stereocenters. The van der Waals surface area contributed by atoms with Crippen LogP contribution < -0.4 is 10.0 Å². The fraction of sp³-hybridized carbons (Fsp3) is 0.316. The van der Waals surface area contributed by atoms with Crippen LogP contribution in [0.5, 0.6) is 0 Å². The topological polar surface area (TPSA) is 75.3 Å². The molecule has 26 heavy (non-hydrogen) atoms. The second kappa shape index (κ2) is 8.79. The van der Waals surface area contributed by atoms with Gasteiger partial charge in [-0.05, 0) is 55.7 Å². The molecule has 1 amide bonds. The van der Waals surface area contributed by atoms with Gasteiger partial charge in [-0.25, -0.2) is 13.1 Å². The summed E-state index contributed by atoms with van der Waals surface area (Å²) in [6, 6.07) is 12.8. The third kappa shape index (κ3) is 5.65. The molecule has 1 atom stereocenters. The summed E-state index contributed by atoms with van der Waals surface area (Å²) in [5.41, 5.74) is 2.53. The van der Waals surface area contributed by atoms with Crippen molar-refractivity contribution in [3.05, 3.63) is 63.6 Å². The number of carbonyl (C=O) groups excluding carboxylic acids is 1. The van der Waals surface area contributed by atoms with Gasteiger partial charge >= 0.3 is 0 Å². The van der Waals surface area contributed by atoms with Gasteiger partial charge in [-0.15, -0.1) is 0 Å². The average molecular weight is 439 g/mol. The Bertz CT molecular complexity index is 880. The Labute approximate surface area is 163 Å². The smallest absolute Gasteiger partial charge is 0.240 e. The van der Waals surface area contributed by atoms with Gasteiger partial charge in [0.25, 0.3) is 0 Å². The van der Waals surface area contributed by atoms with Crippen LogP contribution in [0.2, 0.25) is 0 Å². The number of amides is 1. The number of aryl methyl sites for hydroxylation is 2. The highest BCUT2D eigenvalue weighted by Gasteiger charge is 2.17. The molecule has 0 aliphatic carbocycles. The number of nitrogens with one attached hydrogen (secondary N) is 2. The quantitative estimate of drug-likeness (QED) is 0.692. The van der Waals surface area contributed by atoms with Gasteiger partial charge in [0.15, 0.2) is 0 Å². The van der Waals surface area contributed by atoms with Crippen LogP contribution >= 0.6 is 15.9 Å². The zero-order valence-electron chi connectivity index (χ0n) is 15.0. The molecular weight excluding hydrogens is 416 g/mol. The fourth-order valence-electron chi connectivity index (χ4n) is 2.52. The summed E-state index contributed by atoms with van der Waals surface area (Å²) in [4.78, 5) is 12.3. The van der Waals surface area contributed by atoms with E-state index in [1.165, 1.54) is 0 Å². The summed E-state index contributed by atoms with van der Waals surface area (Å²) in [5.74, 6) is -0.205. The number of sulfonamides is 1. The maximum absolute atomic E-state index is 12.4. The van der Waals surface area contributed by atoms with Crippen LogP contribution in [0.3, 0.4) is 0 Å². The molecule has 140 valence electrons. The Hall–Kier alpha value is -1.70. The van der Waals surface area contributed by atoms with Crippen molar-refractivity contribution in [3.8, 4) is 0 Å². The van der Waals surface area contributed by atoms with Gasteiger partial charge in [0.1, 0.15) is 0 Å². The number of rotatable bonds is 7. The van der Waals surface area contributed by atoms with E-state index in [4.69, 9.17) is 0 Å². The summed E-state index contributed by atoms with van der Waals surface area (Å²) < 4.78 is 28.3. The minimum atomic E-state index is -3.63. The van der Waals surface area contributed by atoms with Crippen LogP contribution in [-0.4, -0.2) is 20.9 Å². The third-order valence-corrected chi connectivity index (χ3v) is 6.16. The molecule has 0 heterocycles. The van der Waals surface area contributed by atoms with Gasteiger partial charge in [0, 0.05) is 17.4 Å². The lowest BCUT2D eigenvalue weighted by Crippen LogP contribution is -2.32. The van der Waals surface area contributed by atoms with Crippen LogP contribution in [0.4, 0.5) is 0 Å². The van der Waals surface area contributed by atoms with Crippen LogP contribution in [0.25, 0.3) is 0 Å². The summed E-state index contributed by atoms with van der Waals surface area (Å²) in [6.07, 6.45) is 0.0744. The molecule has 0 radical (unpaired) electrons. The molecule has 0 spiro atoms. The Morgan fingerprint density at radius 1 is 1.12 bits per heavy atom. The first-order valence-corrected chi connectivity index (χ1v) is 10.6. The van der Waals surface area contributed by atoms with E-state index in [0.717, 1.165) is 15.6 Å². The first-order chi connectivity index (χ1) is 12.2. The molecular formula is C19H23BrN2O3S. The number of hydrogen-bond donors (Lipinski definition) is 2. The number of benzene rings is 2. The third-order valence-electron chi connectivity index (χ3n) is 4.02. The lowest BCUT2D eigenvalue weighted by molar-refractivity contribution is -0.121. The van der Waals surface area contributed by atoms with Gasteiger partial charge in [0.2, 0.25) is 15.9 Å². The average Bonchev–Trinajstić information content (AvgIpc) is 2.57. The minimum absolute atomic E-state index is 0.0502. The Morgan fingerprint density at radius 2 is 1.77 bits per heavy atom. The molecule has 0 saturated heterocycles. The molecule has 0 bridgehead atoms. The van der Waals surface area contributed by atoms with Gasteiger partial charge in [-0.2, -0.15) is 0 Å². The molecule has 2 rings (SSSR count). The zero-order chi connectivity index (χ0) is 19.3. The molecule has 0 aliphatic heterocycles. The molecule has 2 N–H and O–H groups in total. The van der Waals surface area contributed by atoms with Crippen molar-refractivity contribution in [2.45, 2.75) is 38.1 Å². The normalized spacial score (nSPS) is 12.6. The maximum atomic E-state index is 12.4. The molecule has 0 aliphatic rings. The first kappa shape index (κ1) is 20.6. The lowest BCUT2D eigenvalue weighted by Gasteiger charge is -2.15. The minimum Gasteiger partial charge on any atom is -0.350 e. The van der Waals surface area contributed by atoms with Crippen molar-refractivity contribution in [2.75, 3.05) is 6.54 Å². The number of hydrogen-bond acceptors (Lipinski definition) is 3. The van der Waals surface area contributed by atoms with Crippen molar-refractivity contribution < 1.29 is 13.2 Å². The molecule has 2 aromatic carbocycles. The highest BCUT2D eigenvalue weighted by Crippen LogP contribution is 2.17. The van der Waals surface area contributed by atoms with E-state index in [2.05, 4.69) is 26.0 Å². The SMILES string of the molecule is Cc1ccc(C)c(S(=O)(=O)NCCC(=O)NC(C)c2ccc(Br)cc2)c1. The van der Waals surface area contributed by atoms with E-state index < -0.39 is 10.0 Å². The zero-order valence-corrected chi connectivity index (χ0v) is 17.4. The molecule has 0 fully saturated rings. The molecule has 7 heteroatoms. The first-order valence-electron chi connectivity index (χ1n) is 8.31. The lowest BCUT2D eigenvalue weighted by atomic mass is 10.1. The predicted molar refractivity (Wildman–Crippen MR) is 106 cm³/mol. The van der Waals surface area contributed by atoms with E-state index in [-0.39, 0.29) is 29.8 Å². The summed E-state index contributed by atoms with van der Waals surface area (Å²) in [6.45, 7) is 5.53. The summed E-state index contributed by atoms with van der Waals surface area (Å²) in [7, 11) is -3.63. The fourth-order valence-corrected chi connectivity index (χ4v) is 4.15. The second-order valence-electron chi connectivity index (χ2n) is 6.26. The van der Waals surface area contributed by atoms with Gasteiger partial charge in [-0.1, -0.05) is 40.2 Å². The van der Waals surface area contributed by atoms with Crippen LogP contribution in [0.15, 0.2) is 51.8 Å². The van der Waals surface area contributed by atoms with Crippen molar-refractivity contribution in [2.24, 2.45) is 0 Å². The summed E-state index contributed by atoms with van der Waals surface area (Å²) >= 11 is 3.37. The Balaban J connectivity index is 1.89. The largest absolute Gasteiger partial charge is 0.350 e. The highest BCUT2D eigenvalue weighted by molar-refractivity contribution is 9.10. The number of halogens is 1. The van der Waals surface area contributed by atoms with Gasteiger partial charge in [-0.3, -0.25) is 4.79 Å². The monoisotopic (exact) mass is 438 g/mol. The van der Waals surface area contributed by atoms with Crippen LogP contribution in [-0.2, 0) is 14.8 Å². The molecule has 2 aromatic rings. The van der Waals surface area contributed by atoms with E-state index >= 15 is 0 Å². The van der Waals surface area contributed by atoms with Gasteiger partial charge in [0.05, 0.1) is 10.9 Å². The van der Waals surface area contributed by atoms with E-state index in [0.29, 0.717) is 5.56 Å². The van der Waals surface area contributed by atoms with Crippen LogP contribution in [0, 0.1) is 13.8 Å². The number of carbonyl (C=O) groups is 1. The van der Waals surface area contributed by atoms with E-state index in [1.807, 2.05) is 44.2 Å². The standard InChI is InChI=1S/C19H23BrN2O3S/c1-13-4-5-14(2)18(12-13)26(24,25)21-11-10-19(23)22-15(3)16-6-8-17(20)9-7-16/h4-9,12,15,21H,10-11H2,1-3H3,(H,22,23). The predicted octanol–water partition coefficient (Wildman–Crippen LogP) is 3.61. The second-order valence-corrected chi connectivity index (χ2v) is 8.91. The van der Waals surface area contributed by atoms with Crippen molar-refractivity contribution in [1.29, 1.82) is 0 Å². The highest BCUT2D eigenvalue weighted by atomic mass is 79.9. The van der Waals surface area contributed by atoms with Gasteiger partial charge < -0.3 is 5.32 Å². The Kier molecular flexibility index (Phi) is 6.97.